The third-order valence-corrected chi connectivity index (χ3v) is 5.05. The van der Waals surface area contributed by atoms with Gasteiger partial charge < -0.3 is 0 Å². The van der Waals surface area contributed by atoms with Gasteiger partial charge in [0.05, 0.1) is 3.79 Å². The van der Waals surface area contributed by atoms with Gasteiger partial charge in [-0.15, -0.1) is 11.3 Å². The van der Waals surface area contributed by atoms with Gasteiger partial charge in [0.25, 0.3) is 0 Å². The molecule has 0 saturated heterocycles. The van der Waals surface area contributed by atoms with E-state index in [9.17, 15) is 0 Å². The summed E-state index contributed by atoms with van der Waals surface area (Å²) in [6, 6.07) is 4.36. The van der Waals surface area contributed by atoms with E-state index in [1.807, 2.05) is 0 Å². The maximum atomic E-state index is 3.71. The predicted octanol–water partition coefficient (Wildman–Crippen LogP) is 5.25. The van der Waals surface area contributed by atoms with Gasteiger partial charge >= 0.3 is 0 Å². The second-order valence-corrected chi connectivity index (χ2v) is 7.16. The number of hydrogen-bond acceptors (Lipinski definition) is 2. The van der Waals surface area contributed by atoms with Crippen molar-refractivity contribution < 1.29 is 0 Å². The van der Waals surface area contributed by atoms with Crippen LogP contribution >= 0.6 is 54.5 Å². The lowest BCUT2D eigenvalue weighted by molar-refractivity contribution is 0.960. The first-order valence-corrected chi connectivity index (χ1v) is 7.68. The average molecular weight is 352 g/mol. The second-order valence-electron chi connectivity index (χ2n) is 2.99. The van der Waals surface area contributed by atoms with Gasteiger partial charge in [0.1, 0.15) is 0 Å². The van der Waals surface area contributed by atoms with Crippen molar-refractivity contribution in [3.05, 3.63) is 43.2 Å². The minimum atomic E-state index is 0.430. The highest BCUT2D eigenvalue weighted by atomic mass is 79.9. The maximum absolute atomic E-state index is 3.71. The molecule has 2 aromatic heterocycles. The Labute approximate surface area is 108 Å². The standard InChI is InChI=1S/C10H8Br2S2/c11-9(3-7-1-2-13-5-7)8-4-10(12)14-6-8/h1-2,4-6,9H,3H2. The maximum Gasteiger partial charge on any atom is 0.0701 e. The van der Waals surface area contributed by atoms with Crippen LogP contribution in [0.3, 0.4) is 0 Å². The minimum Gasteiger partial charge on any atom is -0.152 e. The summed E-state index contributed by atoms with van der Waals surface area (Å²) < 4.78 is 1.20. The van der Waals surface area contributed by atoms with Crippen LogP contribution in [0.15, 0.2) is 32.1 Å². The second kappa shape index (κ2) is 4.92. The molecule has 14 heavy (non-hydrogen) atoms. The van der Waals surface area contributed by atoms with Crippen molar-refractivity contribution in [2.24, 2.45) is 0 Å². The highest BCUT2D eigenvalue weighted by molar-refractivity contribution is 9.11. The molecule has 0 nitrogen and oxygen atoms in total. The molecule has 0 fully saturated rings. The summed E-state index contributed by atoms with van der Waals surface area (Å²) in [5.74, 6) is 0. The zero-order chi connectivity index (χ0) is 9.97. The molecule has 0 aliphatic heterocycles. The number of hydrogen-bond donors (Lipinski definition) is 0. The Hall–Kier alpha value is 0.360. The van der Waals surface area contributed by atoms with Gasteiger partial charge in [-0.05, 0) is 61.8 Å². The normalized spacial score (nSPS) is 13.0. The molecule has 0 aromatic carbocycles. The summed E-state index contributed by atoms with van der Waals surface area (Å²) in [6.07, 6.45) is 1.06. The fourth-order valence-electron chi connectivity index (χ4n) is 1.22. The average Bonchev–Trinajstić information content (AvgIpc) is 2.75. The van der Waals surface area contributed by atoms with Crippen LogP contribution < -0.4 is 0 Å². The summed E-state index contributed by atoms with van der Waals surface area (Å²) in [5, 5.41) is 6.52. The molecule has 74 valence electrons. The molecule has 0 bridgehead atoms. The zero-order valence-electron chi connectivity index (χ0n) is 7.24. The van der Waals surface area contributed by atoms with E-state index in [2.05, 4.69) is 60.1 Å². The lowest BCUT2D eigenvalue weighted by Crippen LogP contribution is -1.91. The first-order chi connectivity index (χ1) is 6.75. The van der Waals surface area contributed by atoms with Gasteiger partial charge in [0.2, 0.25) is 0 Å². The summed E-state index contributed by atoms with van der Waals surface area (Å²) in [6.45, 7) is 0. The molecule has 2 heterocycles. The smallest absolute Gasteiger partial charge is 0.0701 e. The molecule has 0 spiro atoms. The third kappa shape index (κ3) is 2.69. The molecule has 0 aliphatic carbocycles. The fourth-order valence-corrected chi connectivity index (χ4v) is 3.95. The molecule has 4 heteroatoms. The lowest BCUT2D eigenvalue weighted by atomic mass is 10.1. The molecule has 0 saturated carbocycles. The van der Waals surface area contributed by atoms with Gasteiger partial charge in [-0.3, -0.25) is 0 Å². The first-order valence-electron chi connectivity index (χ1n) is 4.15. The molecule has 2 aromatic rings. The Balaban J connectivity index is 2.06. The monoisotopic (exact) mass is 350 g/mol. The first kappa shape index (κ1) is 10.9. The van der Waals surface area contributed by atoms with Crippen molar-refractivity contribution in [3.63, 3.8) is 0 Å². The van der Waals surface area contributed by atoms with Crippen molar-refractivity contribution in [1.29, 1.82) is 0 Å². The molecular weight excluding hydrogens is 344 g/mol. The van der Waals surface area contributed by atoms with E-state index < -0.39 is 0 Å². The molecule has 1 atom stereocenters. The van der Waals surface area contributed by atoms with Crippen LogP contribution in [0.4, 0.5) is 0 Å². The van der Waals surface area contributed by atoms with E-state index in [1.165, 1.54) is 14.9 Å². The minimum absolute atomic E-state index is 0.430. The van der Waals surface area contributed by atoms with E-state index in [4.69, 9.17) is 0 Å². The van der Waals surface area contributed by atoms with Gasteiger partial charge in [-0.2, -0.15) is 11.3 Å². The summed E-state index contributed by atoms with van der Waals surface area (Å²) in [4.78, 5) is 0.430. The highest BCUT2D eigenvalue weighted by Crippen LogP contribution is 2.32. The molecule has 0 amide bonds. The lowest BCUT2D eigenvalue weighted by Gasteiger charge is -2.05. The molecule has 0 aliphatic rings. The Morgan fingerprint density at radius 3 is 2.79 bits per heavy atom. The van der Waals surface area contributed by atoms with Crippen LogP contribution in [0.1, 0.15) is 16.0 Å². The Morgan fingerprint density at radius 1 is 1.36 bits per heavy atom. The highest BCUT2D eigenvalue weighted by Gasteiger charge is 2.10. The van der Waals surface area contributed by atoms with Crippen molar-refractivity contribution in [2.75, 3.05) is 0 Å². The number of halogens is 2. The fraction of sp³-hybridized carbons (Fsp3) is 0.200. The zero-order valence-corrected chi connectivity index (χ0v) is 12.0. The van der Waals surface area contributed by atoms with E-state index >= 15 is 0 Å². The number of rotatable bonds is 3. The molecule has 1 unspecified atom stereocenters. The number of thiophene rings is 2. The van der Waals surface area contributed by atoms with Crippen LogP contribution in [0.5, 0.6) is 0 Å². The van der Waals surface area contributed by atoms with Crippen molar-refractivity contribution in [1.82, 2.24) is 0 Å². The van der Waals surface area contributed by atoms with E-state index in [0.29, 0.717) is 4.83 Å². The largest absolute Gasteiger partial charge is 0.152 e. The molecular formula is C10H8Br2S2. The van der Waals surface area contributed by atoms with Gasteiger partial charge in [-0.1, -0.05) is 15.9 Å². The Kier molecular flexibility index (Phi) is 3.82. The quantitative estimate of drug-likeness (QED) is 0.662. The summed E-state index contributed by atoms with van der Waals surface area (Å²) >= 11 is 10.7. The van der Waals surface area contributed by atoms with Crippen molar-refractivity contribution >= 4 is 54.5 Å². The van der Waals surface area contributed by atoms with Crippen LogP contribution in [0.25, 0.3) is 0 Å². The number of alkyl halides is 1. The molecule has 0 N–H and O–H groups in total. The summed E-state index contributed by atoms with van der Waals surface area (Å²) in [5.41, 5.74) is 2.76. The van der Waals surface area contributed by atoms with Crippen LogP contribution in [-0.4, -0.2) is 0 Å². The third-order valence-electron chi connectivity index (χ3n) is 1.94. The van der Waals surface area contributed by atoms with Crippen LogP contribution in [-0.2, 0) is 6.42 Å². The van der Waals surface area contributed by atoms with Crippen molar-refractivity contribution in [3.8, 4) is 0 Å². The van der Waals surface area contributed by atoms with Crippen LogP contribution in [0, 0.1) is 0 Å². The van der Waals surface area contributed by atoms with Gasteiger partial charge in [0.15, 0.2) is 0 Å². The van der Waals surface area contributed by atoms with Gasteiger partial charge in [-0.25, -0.2) is 0 Å². The van der Waals surface area contributed by atoms with E-state index in [-0.39, 0.29) is 0 Å². The summed E-state index contributed by atoms with van der Waals surface area (Å²) in [7, 11) is 0. The Morgan fingerprint density at radius 2 is 2.21 bits per heavy atom. The van der Waals surface area contributed by atoms with Crippen LogP contribution in [0.2, 0.25) is 0 Å². The van der Waals surface area contributed by atoms with Crippen molar-refractivity contribution in [2.45, 2.75) is 11.2 Å². The predicted molar refractivity (Wildman–Crippen MR) is 71.7 cm³/mol. The molecule has 0 radical (unpaired) electrons. The SMILES string of the molecule is Brc1cc(C(Br)Cc2ccsc2)cs1. The topological polar surface area (TPSA) is 0 Å². The Bertz CT molecular complexity index is 392. The molecule has 2 rings (SSSR count). The van der Waals surface area contributed by atoms with Gasteiger partial charge in [0, 0.05) is 4.83 Å². The van der Waals surface area contributed by atoms with E-state index in [1.54, 1.807) is 22.7 Å². The van der Waals surface area contributed by atoms with E-state index in [0.717, 1.165) is 6.42 Å².